The van der Waals surface area contributed by atoms with Gasteiger partial charge in [0.15, 0.2) is 6.61 Å². The molecular weight excluding hydrogens is 468 g/mol. The average molecular weight is 495 g/mol. The Bertz CT molecular complexity index is 1100. The van der Waals surface area contributed by atoms with Crippen LogP contribution in [0.25, 0.3) is 0 Å². The fourth-order valence-electron chi connectivity index (χ4n) is 3.59. The molecule has 3 rings (SSSR count). The van der Waals surface area contributed by atoms with Crippen molar-refractivity contribution in [3.05, 3.63) is 64.7 Å². The van der Waals surface area contributed by atoms with Gasteiger partial charge in [-0.3, -0.25) is 4.79 Å². The van der Waals surface area contributed by atoms with E-state index in [2.05, 4.69) is 5.32 Å². The first-order chi connectivity index (χ1) is 15.6. The highest BCUT2D eigenvalue weighted by Gasteiger charge is 2.32. The Balaban J connectivity index is 1.61. The minimum Gasteiger partial charge on any atom is -0.452 e. The number of nitrogens with one attached hydrogen (secondary N) is 1. The fraction of sp³-hybridized carbons (Fsp3) is 0.391. The maximum atomic E-state index is 13.0. The van der Waals surface area contributed by atoms with Crippen LogP contribution in [0.15, 0.2) is 53.4 Å². The molecule has 1 N–H and O–H groups in total. The molecule has 178 valence electrons. The minimum atomic E-state index is -3.81. The zero-order valence-electron chi connectivity index (χ0n) is 18.7. The number of nitrogens with zero attached hydrogens (tertiary/aromatic N) is 1. The molecule has 2 aromatic rings. The summed E-state index contributed by atoms with van der Waals surface area (Å²) in [4.78, 5) is 24.6. The Morgan fingerprint density at radius 2 is 1.79 bits per heavy atom. The van der Waals surface area contributed by atoms with E-state index in [-0.39, 0.29) is 41.8 Å². The summed E-state index contributed by atoms with van der Waals surface area (Å²) in [5.41, 5.74) is 0.896. The van der Waals surface area contributed by atoms with Gasteiger partial charge >= 0.3 is 5.97 Å². The van der Waals surface area contributed by atoms with E-state index in [4.69, 9.17) is 21.1 Å². The van der Waals surface area contributed by atoms with Gasteiger partial charge in [0, 0.05) is 18.1 Å². The third kappa shape index (κ3) is 6.54. The van der Waals surface area contributed by atoms with E-state index in [1.54, 1.807) is 31.2 Å². The summed E-state index contributed by atoms with van der Waals surface area (Å²) in [7, 11) is -3.81. The lowest BCUT2D eigenvalue weighted by Crippen LogP contribution is -2.48. The second kappa shape index (κ2) is 10.6. The number of benzene rings is 2. The number of esters is 1. The number of halogens is 1. The fourth-order valence-corrected chi connectivity index (χ4v) is 5.35. The first kappa shape index (κ1) is 25.2. The van der Waals surface area contributed by atoms with Crippen molar-refractivity contribution in [3.8, 4) is 0 Å². The topological polar surface area (TPSA) is 102 Å². The zero-order valence-corrected chi connectivity index (χ0v) is 20.2. The van der Waals surface area contributed by atoms with E-state index >= 15 is 0 Å². The molecule has 2 aromatic carbocycles. The molecule has 1 aliphatic heterocycles. The van der Waals surface area contributed by atoms with Crippen molar-refractivity contribution in [1.29, 1.82) is 0 Å². The number of ether oxygens (including phenoxy) is 2. The summed E-state index contributed by atoms with van der Waals surface area (Å²) in [5.74, 6) is -1.27. The van der Waals surface area contributed by atoms with Crippen LogP contribution in [-0.2, 0) is 24.3 Å². The molecule has 0 aliphatic carbocycles. The average Bonchev–Trinajstić information content (AvgIpc) is 2.77. The van der Waals surface area contributed by atoms with Crippen LogP contribution < -0.4 is 5.32 Å². The van der Waals surface area contributed by atoms with Gasteiger partial charge in [-0.15, -0.1) is 0 Å². The van der Waals surface area contributed by atoms with Crippen molar-refractivity contribution in [1.82, 2.24) is 9.62 Å². The number of morpholine rings is 1. The summed E-state index contributed by atoms with van der Waals surface area (Å²) in [6.07, 6.45) is -0.462. The van der Waals surface area contributed by atoms with Crippen molar-refractivity contribution in [2.24, 2.45) is 0 Å². The van der Waals surface area contributed by atoms with Gasteiger partial charge in [0.2, 0.25) is 10.0 Å². The minimum absolute atomic E-state index is 0.0148. The van der Waals surface area contributed by atoms with Crippen molar-refractivity contribution in [2.45, 2.75) is 43.9 Å². The smallest absolute Gasteiger partial charge is 0.338 e. The summed E-state index contributed by atoms with van der Waals surface area (Å²) < 4.78 is 38.1. The van der Waals surface area contributed by atoms with Gasteiger partial charge in [-0.1, -0.05) is 29.8 Å². The zero-order chi connectivity index (χ0) is 24.2. The molecular formula is C23H27ClN2O6S. The Kier molecular flexibility index (Phi) is 8.12. The van der Waals surface area contributed by atoms with Crippen LogP contribution in [0.4, 0.5) is 0 Å². The Morgan fingerprint density at radius 1 is 1.15 bits per heavy atom. The predicted molar refractivity (Wildman–Crippen MR) is 124 cm³/mol. The van der Waals surface area contributed by atoms with Crippen molar-refractivity contribution < 1.29 is 27.5 Å². The number of amides is 1. The first-order valence-electron chi connectivity index (χ1n) is 10.5. The van der Waals surface area contributed by atoms with Gasteiger partial charge in [-0.2, -0.15) is 4.31 Å². The lowest BCUT2D eigenvalue weighted by molar-refractivity contribution is -0.124. The molecule has 0 bridgehead atoms. The largest absolute Gasteiger partial charge is 0.452 e. The first-order valence-corrected chi connectivity index (χ1v) is 12.4. The van der Waals surface area contributed by atoms with E-state index in [9.17, 15) is 18.0 Å². The second-order valence-electron chi connectivity index (χ2n) is 8.02. The van der Waals surface area contributed by atoms with E-state index in [0.717, 1.165) is 5.56 Å². The van der Waals surface area contributed by atoms with Gasteiger partial charge in [0.1, 0.15) is 0 Å². The number of sulfonamides is 1. The van der Waals surface area contributed by atoms with E-state index in [1.807, 2.05) is 13.8 Å². The second-order valence-corrected chi connectivity index (χ2v) is 10.4. The molecule has 8 nitrogen and oxygen atoms in total. The number of hydrogen-bond acceptors (Lipinski definition) is 6. The van der Waals surface area contributed by atoms with Gasteiger partial charge in [0.05, 0.1) is 28.7 Å². The quantitative estimate of drug-likeness (QED) is 0.593. The van der Waals surface area contributed by atoms with Crippen LogP contribution in [0, 0.1) is 0 Å². The molecule has 1 fully saturated rings. The van der Waals surface area contributed by atoms with Crippen LogP contribution in [0.1, 0.15) is 42.7 Å². The van der Waals surface area contributed by atoms with E-state index in [0.29, 0.717) is 5.02 Å². The maximum absolute atomic E-state index is 13.0. The van der Waals surface area contributed by atoms with Crippen LogP contribution in [-0.4, -0.2) is 56.5 Å². The van der Waals surface area contributed by atoms with E-state index in [1.165, 1.54) is 28.6 Å². The third-order valence-electron chi connectivity index (χ3n) is 5.18. The molecule has 0 radical (unpaired) electrons. The standard InChI is InChI=1S/C23H27ClN2O6S/c1-15-12-26(13-16(2)32-15)33(29,30)21-6-4-5-19(11-21)23(28)31-14-22(27)25-17(3)18-7-9-20(24)10-8-18/h4-11,15-17H,12-14H2,1-3H3,(H,25,27). The SMILES string of the molecule is CC1CN(S(=O)(=O)c2cccc(C(=O)OCC(=O)NC(C)c3ccc(Cl)cc3)c2)CC(C)O1. The molecule has 3 unspecified atom stereocenters. The Labute approximate surface area is 198 Å². The Hall–Kier alpha value is -2.46. The number of rotatable bonds is 7. The number of carbonyl (C=O) groups excluding carboxylic acids is 2. The van der Waals surface area contributed by atoms with Gasteiger partial charge in [0.25, 0.3) is 5.91 Å². The molecule has 1 aliphatic rings. The summed E-state index contributed by atoms with van der Waals surface area (Å²) in [6.45, 7) is 5.38. The summed E-state index contributed by atoms with van der Waals surface area (Å²) in [6, 6.07) is 12.3. The van der Waals surface area contributed by atoms with Crippen molar-refractivity contribution in [3.63, 3.8) is 0 Å². The Morgan fingerprint density at radius 3 is 2.42 bits per heavy atom. The molecule has 0 aromatic heterocycles. The normalized spacial score (nSPS) is 20.1. The lowest BCUT2D eigenvalue weighted by Gasteiger charge is -2.34. The molecule has 3 atom stereocenters. The van der Waals surface area contributed by atoms with E-state index < -0.39 is 28.5 Å². The van der Waals surface area contributed by atoms with Gasteiger partial charge in [-0.05, 0) is 56.7 Å². The van der Waals surface area contributed by atoms with Gasteiger partial charge < -0.3 is 14.8 Å². The van der Waals surface area contributed by atoms with Gasteiger partial charge in [-0.25, -0.2) is 13.2 Å². The van der Waals surface area contributed by atoms with Crippen molar-refractivity contribution >= 4 is 33.5 Å². The summed E-state index contributed by atoms with van der Waals surface area (Å²) >= 11 is 5.87. The third-order valence-corrected chi connectivity index (χ3v) is 7.26. The number of carbonyl (C=O) groups is 2. The molecule has 0 saturated carbocycles. The molecule has 1 amide bonds. The van der Waals surface area contributed by atoms with Crippen LogP contribution in [0.5, 0.6) is 0 Å². The van der Waals surface area contributed by atoms with Crippen LogP contribution in [0.3, 0.4) is 0 Å². The maximum Gasteiger partial charge on any atom is 0.338 e. The molecule has 1 heterocycles. The summed E-state index contributed by atoms with van der Waals surface area (Å²) in [5, 5.41) is 3.33. The molecule has 33 heavy (non-hydrogen) atoms. The monoisotopic (exact) mass is 494 g/mol. The predicted octanol–water partition coefficient (Wildman–Crippen LogP) is 3.17. The highest BCUT2D eigenvalue weighted by atomic mass is 35.5. The molecule has 0 spiro atoms. The van der Waals surface area contributed by atoms with Crippen LogP contribution in [0.2, 0.25) is 5.02 Å². The lowest BCUT2D eigenvalue weighted by atomic mass is 10.1. The highest BCUT2D eigenvalue weighted by Crippen LogP contribution is 2.22. The van der Waals surface area contributed by atoms with Crippen LogP contribution >= 0.6 is 11.6 Å². The highest BCUT2D eigenvalue weighted by molar-refractivity contribution is 7.89. The van der Waals surface area contributed by atoms with Crippen molar-refractivity contribution in [2.75, 3.05) is 19.7 Å². The molecule has 1 saturated heterocycles. The number of hydrogen-bond donors (Lipinski definition) is 1. The molecule has 10 heteroatoms.